The van der Waals surface area contributed by atoms with Gasteiger partial charge in [0, 0.05) is 13.1 Å². The third-order valence-electron chi connectivity index (χ3n) is 6.64. The Bertz CT molecular complexity index is 920. The predicted octanol–water partition coefficient (Wildman–Crippen LogP) is 2.58. The average molecular weight is 427 g/mol. The molecule has 1 amide bonds. The van der Waals surface area contributed by atoms with Crippen LogP contribution in [0.5, 0.6) is 0 Å². The summed E-state index contributed by atoms with van der Waals surface area (Å²) in [7, 11) is 5.24. The number of ketones is 1. The summed E-state index contributed by atoms with van der Waals surface area (Å²) >= 11 is 0. The summed E-state index contributed by atoms with van der Waals surface area (Å²) in [5.74, 6) is -0.0994. The van der Waals surface area contributed by atoms with Gasteiger partial charge in [0.15, 0.2) is 11.5 Å². The van der Waals surface area contributed by atoms with Crippen molar-refractivity contribution >= 4 is 17.7 Å². The summed E-state index contributed by atoms with van der Waals surface area (Å²) in [6.07, 6.45) is 2.40. The number of carbonyl (C=O) groups excluding carboxylic acids is 3. The van der Waals surface area contributed by atoms with E-state index < -0.39 is 12.0 Å². The molecular weight excluding hydrogens is 396 g/mol. The monoisotopic (exact) mass is 426 g/mol. The van der Waals surface area contributed by atoms with Gasteiger partial charge in [0.2, 0.25) is 0 Å². The summed E-state index contributed by atoms with van der Waals surface area (Å²) < 4.78 is 11.0. The van der Waals surface area contributed by atoms with Gasteiger partial charge in [-0.15, -0.1) is 0 Å². The molecule has 4 atom stereocenters. The van der Waals surface area contributed by atoms with Gasteiger partial charge in [-0.3, -0.25) is 9.59 Å². The lowest BCUT2D eigenvalue weighted by molar-refractivity contribution is -0.136. The van der Waals surface area contributed by atoms with Crippen LogP contribution < -0.4 is 0 Å². The second-order valence-corrected chi connectivity index (χ2v) is 9.11. The Kier molecular flexibility index (Phi) is 5.88. The van der Waals surface area contributed by atoms with Crippen molar-refractivity contribution < 1.29 is 23.9 Å². The molecular formula is C24H30N2O5. The van der Waals surface area contributed by atoms with E-state index in [4.69, 9.17) is 9.47 Å². The number of methoxy groups -OCH3 is 1. The summed E-state index contributed by atoms with van der Waals surface area (Å²) in [6, 6.07) is 6.44. The van der Waals surface area contributed by atoms with E-state index in [0.29, 0.717) is 30.1 Å². The SMILES string of the molecule is COC(=O)c1ccc(C2C3=C(OC4CCC(C)CC4C3=O)C(=O)N2CCN(C)C)cc1. The maximum absolute atomic E-state index is 13.6. The van der Waals surface area contributed by atoms with Crippen molar-refractivity contribution in [1.82, 2.24) is 9.80 Å². The molecule has 4 rings (SSSR count). The number of Topliss-reactive ketones (excluding diaryl/α,β-unsaturated/α-hetero) is 1. The molecule has 0 bridgehead atoms. The standard InChI is InChI=1S/C24H30N2O5/c1-14-5-10-18-17(13-14)21(27)19-20(15-6-8-16(9-7-15)24(29)30-4)26(12-11-25(2)3)23(28)22(19)31-18/h6-9,14,17-18,20H,5,10-13H2,1-4H3. The summed E-state index contributed by atoms with van der Waals surface area (Å²) in [4.78, 5) is 42.5. The topological polar surface area (TPSA) is 76.1 Å². The maximum Gasteiger partial charge on any atom is 0.337 e. The minimum Gasteiger partial charge on any atom is -0.483 e. The highest BCUT2D eigenvalue weighted by atomic mass is 16.5. The normalized spacial score (nSPS) is 27.8. The lowest BCUT2D eigenvalue weighted by Gasteiger charge is -2.37. The Balaban J connectivity index is 1.73. The Morgan fingerprint density at radius 3 is 2.55 bits per heavy atom. The first-order valence-electron chi connectivity index (χ1n) is 10.9. The summed E-state index contributed by atoms with van der Waals surface area (Å²) in [5, 5.41) is 0. The molecule has 4 unspecified atom stereocenters. The summed E-state index contributed by atoms with van der Waals surface area (Å²) in [6.45, 7) is 3.31. The zero-order valence-corrected chi connectivity index (χ0v) is 18.6. The lowest BCUT2D eigenvalue weighted by Crippen LogP contribution is -2.41. The zero-order valence-electron chi connectivity index (χ0n) is 18.6. The van der Waals surface area contributed by atoms with E-state index in [1.165, 1.54) is 7.11 Å². The lowest BCUT2D eigenvalue weighted by atomic mass is 9.74. The van der Waals surface area contributed by atoms with E-state index in [1.54, 1.807) is 29.2 Å². The van der Waals surface area contributed by atoms with Crippen LogP contribution in [0.4, 0.5) is 0 Å². The summed E-state index contributed by atoms with van der Waals surface area (Å²) in [5.41, 5.74) is 1.70. The van der Waals surface area contributed by atoms with Gasteiger partial charge in [-0.05, 0) is 57.0 Å². The van der Waals surface area contributed by atoms with Crippen LogP contribution in [0.25, 0.3) is 0 Å². The fourth-order valence-corrected chi connectivity index (χ4v) is 4.93. The first kappa shape index (κ1) is 21.6. The molecule has 1 aromatic rings. The van der Waals surface area contributed by atoms with Crippen molar-refractivity contribution in [3.8, 4) is 0 Å². The van der Waals surface area contributed by atoms with Crippen molar-refractivity contribution in [2.75, 3.05) is 34.3 Å². The van der Waals surface area contributed by atoms with Gasteiger partial charge in [0.1, 0.15) is 6.10 Å². The third kappa shape index (κ3) is 3.87. The van der Waals surface area contributed by atoms with Crippen molar-refractivity contribution in [1.29, 1.82) is 0 Å². The van der Waals surface area contributed by atoms with Gasteiger partial charge in [-0.25, -0.2) is 4.79 Å². The van der Waals surface area contributed by atoms with E-state index in [1.807, 2.05) is 19.0 Å². The van der Waals surface area contributed by atoms with Crippen molar-refractivity contribution in [3.63, 3.8) is 0 Å². The Labute approximate surface area is 183 Å². The van der Waals surface area contributed by atoms with Gasteiger partial charge in [-0.2, -0.15) is 0 Å². The first-order chi connectivity index (χ1) is 14.8. The Hall–Kier alpha value is -2.67. The van der Waals surface area contributed by atoms with Crippen LogP contribution in [-0.2, 0) is 19.1 Å². The number of esters is 1. The van der Waals surface area contributed by atoms with Crippen LogP contribution in [0.3, 0.4) is 0 Å². The van der Waals surface area contributed by atoms with E-state index >= 15 is 0 Å². The number of rotatable bonds is 5. The number of fused-ring (bicyclic) bond motifs is 1. The first-order valence-corrected chi connectivity index (χ1v) is 10.9. The van der Waals surface area contributed by atoms with Gasteiger partial charge < -0.3 is 19.3 Å². The van der Waals surface area contributed by atoms with Crippen molar-refractivity contribution in [2.45, 2.75) is 38.3 Å². The van der Waals surface area contributed by atoms with Gasteiger partial charge in [0.05, 0.1) is 30.2 Å². The second-order valence-electron chi connectivity index (χ2n) is 9.11. The zero-order chi connectivity index (χ0) is 22.3. The molecule has 3 aliphatic rings. The molecule has 7 nitrogen and oxygen atoms in total. The van der Waals surface area contributed by atoms with E-state index in [9.17, 15) is 14.4 Å². The fraction of sp³-hybridized carbons (Fsp3) is 0.542. The molecule has 1 aromatic carbocycles. The number of carbonyl (C=O) groups is 3. The Morgan fingerprint density at radius 2 is 1.90 bits per heavy atom. The van der Waals surface area contributed by atoms with Gasteiger partial charge in [-0.1, -0.05) is 19.1 Å². The predicted molar refractivity (Wildman–Crippen MR) is 114 cm³/mol. The quantitative estimate of drug-likeness (QED) is 0.674. The smallest absolute Gasteiger partial charge is 0.337 e. The Morgan fingerprint density at radius 1 is 1.19 bits per heavy atom. The minimum absolute atomic E-state index is 0.0422. The molecule has 1 aliphatic carbocycles. The molecule has 0 radical (unpaired) electrons. The highest BCUT2D eigenvalue weighted by Crippen LogP contribution is 2.47. The highest BCUT2D eigenvalue weighted by molar-refractivity contribution is 6.11. The molecule has 1 fully saturated rings. The number of nitrogens with zero attached hydrogens (tertiary/aromatic N) is 2. The number of benzene rings is 1. The second kappa shape index (κ2) is 8.46. The molecule has 2 heterocycles. The third-order valence-corrected chi connectivity index (χ3v) is 6.64. The van der Waals surface area contributed by atoms with Crippen LogP contribution in [-0.4, -0.2) is 67.9 Å². The van der Waals surface area contributed by atoms with Gasteiger partial charge >= 0.3 is 5.97 Å². The van der Waals surface area contributed by atoms with Crippen LogP contribution in [0.15, 0.2) is 35.6 Å². The van der Waals surface area contributed by atoms with E-state index in [2.05, 4.69) is 6.92 Å². The number of hydrogen-bond acceptors (Lipinski definition) is 6. The molecule has 0 N–H and O–H groups in total. The van der Waals surface area contributed by atoms with Crippen LogP contribution in [0, 0.1) is 11.8 Å². The molecule has 1 saturated carbocycles. The van der Waals surface area contributed by atoms with Crippen LogP contribution in [0.1, 0.15) is 48.1 Å². The van der Waals surface area contributed by atoms with Crippen molar-refractivity contribution in [3.05, 3.63) is 46.7 Å². The average Bonchev–Trinajstić information content (AvgIpc) is 3.04. The van der Waals surface area contributed by atoms with E-state index in [0.717, 1.165) is 24.8 Å². The number of amides is 1. The fourth-order valence-electron chi connectivity index (χ4n) is 4.93. The van der Waals surface area contributed by atoms with Crippen LogP contribution >= 0.6 is 0 Å². The largest absolute Gasteiger partial charge is 0.483 e. The van der Waals surface area contributed by atoms with Crippen molar-refractivity contribution in [2.24, 2.45) is 11.8 Å². The van der Waals surface area contributed by atoms with Gasteiger partial charge in [0.25, 0.3) is 5.91 Å². The molecule has 2 aliphatic heterocycles. The number of hydrogen-bond donors (Lipinski definition) is 0. The maximum atomic E-state index is 13.6. The molecule has 166 valence electrons. The number of likely N-dealkylation sites (N-methyl/N-ethyl adjacent to an activating group) is 1. The number of ether oxygens (including phenoxy) is 2. The molecule has 7 heteroatoms. The molecule has 31 heavy (non-hydrogen) atoms. The molecule has 0 aromatic heterocycles. The van der Waals surface area contributed by atoms with Crippen LogP contribution in [0.2, 0.25) is 0 Å². The molecule has 0 saturated heterocycles. The van der Waals surface area contributed by atoms with E-state index in [-0.39, 0.29) is 29.5 Å². The highest BCUT2D eigenvalue weighted by Gasteiger charge is 2.52. The molecule has 0 spiro atoms. The minimum atomic E-state index is -0.500.